The molecule has 2 rings (SSSR count). The molecule has 0 fully saturated rings. The monoisotopic (exact) mass is 443 g/mol. The number of hydrogen-bond acceptors (Lipinski definition) is 8. The molecule has 7 N–H and O–H groups in total. The van der Waals surface area contributed by atoms with Crippen molar-refractivity contribution in [2.75, 3.05) is 7.11 Å². The number of hydroxylamine groups is 1. The second-order valence-electron chi connectivity index (χ2n) is 5.31. The third-order valence-electron chi connectivity index (χ3n) is 3.22. The number of rotatable bonds is 5. The van der Waals surface area contributed by atoms with Gasteiger partial charge >= 0.3 is 0 Å². The van der Waals surface area contributed by atoms with E-state index in [9.17, 15) is 18.5 Å². The number of hydrogen-bond donors (Lipinski definition) is 4. The zero-order valence-corrected chi connectivity index (χ0v) is 16.7. The maximum Gasteiger partial charge on any atom is 0.294 e. The number of guanidine groups is 1. The summed E-state index contributed by atoms with van der Waals surface area (Å²) in [7, 11) is -2.60. The van der Waals surface area contributed by atoms with Gasteiger partial charge in [-0.3, -0.25) is 19.9 Å². The largest absolute Gasteiger partial charge is 0.496 e. The normalized spacial score (nSPS) is 11.1. The highest BCUT2D eigenvalue weighted by atomic mass is 32.2. The van der Waals surface area contributed by atoms with Crippen LogP contribution in [-0.4, -0.2) is 47.9 Å². The second-order valence-corrected chi connectivity index (χ2v) is 6.73. The number of benzene rings is 2. The summed E-state index contributed by atoms with van der Waals surface area (Å²) >= 11 is 0. The third kappa shape index (κ3) is 8.61. The van der Waals surface area contributed by atoms with Gasteiger partial charge in [0, 0.05) is 17.7 Å². The Labute approximate surface area is 171 Å². The van der Waals surface area contributed by atoms with Crippen LogP contribution >= 0.6 is 0 Å². The van der Waals surface area contributed by atoms with E-state index in [2.05, 4.69) is 10.2 Å². The molecule has 0 bridgehead atoms. The van der Waals surface area contributed by atoms with Crippen molar-refractivity contribution >= 4 is 28.0 Å². The van der Waals surface area contributed by atoms with Crippen LogP contribution in [0.15, 0.2) is 57.6 Å². The molecule has 0 aliphatic rings. The Kier molecular flexibility index (Phi) is 10.6. The molecule has 14 heteroatoms. The van der Waals surface area contributed by atoms with Gasteiger partial charge in [0.1, 0.15) is 5.75 Å². The van der Waals surface area contributed by atoms with Gasteiger partial charge < -0.3 is 15.9 Å². The lowest BCUT2D eigenvalue weighted by atomic mass is 10.2. The highest BCUT2D eigenvalue weighted by molar-refractivity contribution is 7.85. The van der Waals surface area contributed by atoms with Crippen molar-refractivity contribution in [2.24, 2.45) is 15.9 Å². The first kappa shape index (κ1) is 26.4. The van der Waals surface area contributed by atoms with Crippen LogP contribution in [0.25, 0.3) is 0 Å². The van der Waals surface area contributed by atoms with Crippen molar-refractivity contribution in [2.45, 2.75) is 11.8 Å². The SMILES string of the molecule is COc1ccc([N+](=O)[O-])cc1C=NN=C(N)NO.Cc1ccc(S(=O)(=O)O)cc1.O. The predicted molar refractivity (Wildman–Crippen MR) is 108 cm³/mol. The molecule has 0 aliphatic heterocycles. The number of nitro groups is 1. The van der Waals surface area contributed by atoms with E-state index in [0.29, 0.717) is 11.3 Å². The summed E-state index contributed by atoms with van der Waals surface area (Å²) in [5, 5.41) is 25.9. The lowest BCUT2D eigenvalue weighted by Crippen LogP contribution is -2.27. The fourth-order valence-electron chi connectivity index (χ4n) is 1.82. The Hall–Kier alpha value is -3.59. The molecule has 0 atom stereocenters. The van der Waals surface area contributed by atoms with Crippen molar-refractivity contribution < 1.29 is 33.3 Å². The zero-order valence-electron chi connectivity index (χ0n) is 15.9. The van der Waals surface area contributed by atoms with Crippen molar-refractivity contribution in [1.29, 1.82) is 0 Å². The number of ether oxygens (including phenoxy) is 1. The average molecular weight is 443 g/mol. The lowest BCUT2D eigenvalue weighted by molar-refractivity contribution is -0.384. The van der Waals surface area contributed by atoms with E-state index in [0.717, 1.165) is 5.56 Å². The first-order valence-electron chi connectivity index (χ1n) is 7.71. The fourth-order valence-corrected chi connectivity index (χ4v) is 2.30. The fraction of sp³-hybridized carbons (Fsp3) is 0.125. The molecule has 2 aromatic carbocycles. The number of nitro benzene ring substituents is 1. The van der Waals surface area contributed by atoms with Crippen LogP contribution in [-0.2, 0) is 10.1 Å². The van der Waals surface area contributed by atoms with Crippen molar-refractivity contribution in [3.05, 3.63) is 63.7 Å². The van der Waals surface area contributed by atoms with Gasteiger partial charge in [0.15, 0.2) is 0 Å². The molecule has 2 aromatic rings. The molecule has 0 aliphatic carbocycles. The first-order chi connectivity index (χ1) is 13.6. The van der Waals surface area contributed by atoms with Crippen LogP contribution in [0.5, 0.6) is 5.75 Å². The van der Waals surface area contributed by atoms with Crippen molar-refractivity contribution in [3.63, 3.8) is 0 Å². The van der Waals surface area contributed by atoms with Gasteiger partial charge in [-0.05, 0) is 25.1 Å². The highest BCUT2D eigenvalue weighted by Gasteiger charge is 2.09. The Bertz CT molecular complexity index is 1010. The van der Waals surface area contributed by atoms with Gasteiger partial charge in [-0.1, -0.05) is 17.7 Å². The average Bonchev–Trinajstić information content (AvgIpc) is 2.67. The Balaban J connectivity index is 0.000000603. The summed E-state index contributed by atoms with van der Waals surface area (Å²) in [5.41, 5.74) is 7.92. The van der Waals surface area contributed by atoms with E-state index in [1.54, 1.807) is 17.6 Å². The van der Waals surface area contributed by atoms with Crippen LogP contribution in [0, 0.1) is 17.0 Å². The third-order valence-corrected chi connectivity index (χ3v) is 4.09. The van der Waals surface area contributed by atoms with Gasteiger partial charge in [0.25, 0.3) is 15.8 Å². The Morgan fingerprint density at radius 3 is 2.33 bits per heavy atom. The van der Waals surface area contributed by atoms with E-state index < -0.39 is 15.0 Å². The summed E-state index contributed by atoms with van der Waals surface area (Å²) in [6, 6.07) is 10.0. The van der Waals surface area contributed by atoms with Crippen LogP contribution in [0.1, 0.15) is 11.1 Å². The van der Waals surface area contributed by atoms with E-state index >= 15 is 0 Å². The number of nitrogens with two attached hydrogens (primary N) is 1. The molecule has 0 saturated heterocycles. The molecule has 30 heavy (non-hydrogen) atoms. The van der Waals surface area contributed by atoms with E-state index in [1.807, 2.05) is 6.92 Å². The molecule has 0 radical (unpaired) electrons. The lowest BCUT2D eigenvalue weighted by Gasteiger charge is -2.03. The van der Waals surface area contributed by atoms with Crippen LogP contribution < -0.4 is 16.0 Å². The molecule has 0 amide bonds. The van der Waals surface area contributed by atoms with Gasteiger partial charge in [-0.25, -0.2) is 5.48 Å². The van der Waals surface area contributed by atoms with Crippen molar-refractivity contribution in [1.82, 2.24) is 5.48 Å². The molecule has 0 spiro atoms. The van der Waals surface area contributed by atoms with Gasteiger partial charge in [0.2, 0.25) is 5.96 Å². The Morgan fingerprint density at radius 2 is 1.87 bits per heavy atom. The summed E-state index contributed by atoms with van der Waals surface area (Å²) in [5.74, 6) is 0.0886. The minimum atomic E-state index is -4.02. The van der Waals surface area contributed by atoms with Crippen LogP contribution in [0.2, 0.25) is 0 Å². The quantitative estimate of drug-likeness (QED) is 0.167. The van der Waals surface area contributed by atoms with E-state index in [1.165, 1.54) is 43.7 Å². The maximum atomic E-state index is 10.6. The number of aryl methyl sites for hydroxylation is 1. The van der Waals surface area contributed by atoms with E-state index in [-0.39, 0.29) is 22.0 Å². The number of nitrogens with one attached hydrogen (secondary N) is 1. The molecular weight excluding hydrogens is 422 g/mol. The molecule has 0 aromatic heterocycles. The first-order valence-corrected chi connectivity index (χ1v) is 9.15. The summed E-state index contributed by atoms with van der Waals surface area (Å²) in [4.78, 5) is 10.0. The minimum absolute atomic E-state index is 0. The number of methoxy groups -OCH3 is 1. The minimum Gasteiger partial charge on any atom is -0.496 e. The van der Waals surface area contributed by atoms with E-state index in [4.69, 9.17) is 20.2 Å². The maximum absolute atomic E-state index is 10.6. The van der Waals surface area contributed by atoms with Gasteiger partial charge in [-0.2, -0.15) is 13.5 Å². The van der Waals surface area contributed by atoms with Crippen LogP contribution in [0.4, 0.5) is 5.69 Å². The summed E-state index contributed by atoms with van der Waals surface area (Å²) in [6.45, 7) is 1.84. The molecule has 164 valence electrons. The molecular formula is C16H21N5O8S. The van der Waals surface area contributed by atoms with Crippen LogP contribution in [0.3, 0.4) is 0 Å². The topological polar surface area (TPSA) is 221 Å². The highest BCUT2D eigenvalue weighted by Crippen LogP contribution is 2.22. The van der Waals surface area contributed by atoms with Gasteiger partial charge in [0.05, 0.1) is 23.1 Å². The number of non-ortho nitro benzene ring substituents is 1. The smallest absolute Gasteiger partial charge is 0.294 e. The molecule has 13 nitrogen and oxygen atoms in total. The zero-order chi connectivity index (χ0) is 22.0. The molecule has 0 heterocycles. The predicted octanol–water partition coefficient (Wildman–Crippen LogP) is 0.648. The van der Waals surface area contributed by atoms with Crippen molar-refractivity contribution in [3.8, 4) is 5.75 Å². The summed E-state index contributed by atoms with van der Waals surface area (Å²) in [6.07, 6.45) is 1.22. The number of nitrogens with zero attached hydrogens (tertiary/aromatic N) is 3. The standard InChI is InChI=1S/C9H11N5O4.C7H8O3S.H2O/c1-18-8-3-2-7(14(16)17)4-6(8)5-11-12-9(10)13-15;1-6-2-4-7(5-3-6)11(8,9)10;/h2-5,15H,1H3,(H3,10,12,13);2-5H,1H3,(H,8,9,10);1H2. The Morgan fingerprint density at radius 1 is 1.27 bits per heavy atom. The van der Waals surface area contributed by atoms with Gasteiger partial charge in [-0.15, -0.1) is 5.10 Å². The molecule has 0 saturated carbocycles. The molecule has 0 unspecified atom stereocenters. The summed E-state index contributed by atoms with van der Waals surface area (Å²) < 4.78 is 34.6. The second kappa shape index (κ2) is 12.1.